The minimum Gasteiger partial charge on any atom is -0.372 e. The van der Waals surface area contributed by atoms with Crippen molar-refractivity contribution in [2.24, 2.45) is 0 Å². The second-order valence-electron chi connectivity index (χ2n) is 7.11. The number of benzene rings is 2. The summed E-state index contributed by atoms with van der Waals surface area (Å²) in [5.74, 6) is -0.367. The Labute approximate surface area is 162 Å². The Hall–Kier alpha value is -3.19. The summed E-state index contributed by atoms with van der Waals surface area (Å²) in [6.45, 7) is 5.81. The molecule has 2 unspecified atom stereocenters. The molecule has 4 rings (SSSR count). The number of anilines is 2. The van der Waals surface area contributed by atoms with Crippen molar-refractivity contribution in [1.29, 1.82) is 0 Å². The van der Waals surface area contributed by atoms with Gasteiger partial charge in [0.25, 0.3) is 11.5 Å². The molecule has 1 aromatic heterocycles. The van der Waals surface area contributed by atoms with E-state index in [1.165, 1.54) is 0 Å². The lowest BCUT2D eigenvalue weighted by atomic mass is 10.1. The summed E-state index contributed by atoms with van der Waals surface area (Å²) < 4.78 is 5.78. The van der Waals surface area contributed by atoms with Crippen molar-refractivity contribution >= 4 is 28.1 Å². The molecule has 0 spiro atoms. The molecular formula is C21H22N4O3. The smallest absolute Gasteiger partial charge is 0.276 e. The van der Waals surface area contributed by atoms with Crippen LogP contribution in [0.3, 0.4) is 0 Å². The largest absolute Gasteiger partial charge is 0.372 e. The number of carbonyl (C=O) groups excluding carboxylic acids is 1. The second-order valence-corrected chi connectivity index (χ2v) is 7.11. The Balaban J connectivity index is 1.53. The first kappa shape index (κ1) is 18.2. The van der Waals surface area contributed by atoms with Gasteiger partial charge in [-0.1, -0.05) is 18.2 Å². The zero-order valence-electron chi connectivity index (χ0n) is 15.8. The summed E-state index contributed by atoms with van der Waals surface area (Å²) in [6, 6.07) is 14.6. The Morgan fingerprint density at radius 1 is 1.07 bits per heavy atom. The van der Waals surface area contributed by atoms with E-state index in [0.29, 0.717) is 16.5 Å². The number of fused-ring (bicyclic) bond motifs is 1. The zero-order valence-corrected chi connectivity index (χ0v) is 15.8. The van der Waals surface area contributed by atoms with Crippen LogP contribution in [0.4, 0.5) is 11.4 Å². The van der Waals surface area contributed by atoms with Gasteiger partial charge < -0.3 is 15.0 Å². The predicted octanol–water partition coefficient (Wildman–Crippen LogP) is 2.79. The molecule has 144 valence electrons. The van der Waals surface area contributed by atoms with Crippen LogP contribution in [0.1, 0.15) is 24.3 Å². The monoisotopic (exact) mass is 378 g/mol. The Morgan fingerprint density at radius 2 is 1.71 bits per heavy atom. The predicted molar refractivity (Wildman–Crippen MR) is 109 cm³/mol. The molecule has 1 aliphatic rings. The standard InChI is InChI=1S/C21H22N4O3/c1-13-11-25(12-14(2)28-13)16-9-7-15(8-10-16)22-21(27)19-17-5-3-4-6-18(17)20(26)24-23-19/h3-10,13-14H,11-12H2,1-2H3,(H,22,27)(H,24,26). The van der Waals surface area contributed by atoms with E-state index < -0.39 is 0 Å². The third-order valence-electron chi connectivity index (χ3n) is 4.82. The molecule has 0 aliphatic carbocycles. The Bertz CT molecular complexity index is 1050. The maximum Gasteiger partial charge on any atom is 0.276 e. The number of aromatic nitrogens is 2. The van der Waals surface area contributed by atoms with Gasteiger partial charge in [-0.15, -0.1) is 0 Å². The number of hydrogen-bond donors (Lipinski definition) is 2. The number of nitrogens with one attached hydrogen (secondary N) is 2. The molecule has 1 amide bonds. The van der Waals surface area contributed by atoms with E-state index in [-0.39, 0.29) is 29.4 Å². The van der Waals surface area contributed by atoms with Gasteiger partial charge in [0, 0.05) is 29.9 Å². The van der Waals surface area contributed by atoms with Crippen molar-refractivity contribution in [3.8, 4) is 0 Å². The van der Waals surface area contributed by atoms with Gasteiger partial charge in [-0.2, -0.15) is 5.10 Å². The number of H-pyrrole nitrogens is 1. The molecule has 1 fully saturated rings. The van der Waals surface area contributed by atoms with E-state index in [9.17, 15) is 9.59 Å². The molecule has 2 heterocycles. The van der Waals surface area contributed by atoms with Gasteiger partial charge >= 0.3 is 0 Å². The van der Waals surface area contributed by atoms with E-state index in [0.717, 1.165) is 18.8 Å². The molecule has 28 heavy (non-hydrogen) atoms. The topological polar surface area (TPSA) is 87.3 Å². The zero-order chi connectivity index (χ0) is 19.7. The minimum absolute atomic E-state index is 0.183. The molecule has 0 radical (unpaired) electrons. The van der Waals surface area contributed by atoms with Crippen LogP contribution >= 0.6 is 0 Å². The number of morpholine rings is 1. The second kappa shape index (κ2) is 7.44. The fraction of sp³-hybridized carbons (Fsp3) is 0.286. The lowest BCUT2D eigenvalue weighted by molar-refractivity contribution is -0.00521. The molecule has 1 saturated heterocycles. The average Bonchev–Trinajstić information content (AvgIpc) is 2.68. The number of hydrogen-bond acceptors (Lipinski definition) is 5. The lowest BCUT2D eigenvalue weighted by Crippen LogP contribution is -2.45. The van der Waals surface area contributed by atoms with Crippen LogP contribution in [0, 0.1) is 0 Å². The lowest BCUT2D eigenvalue weighted by Gasteiger charge is -2.36. The van der Waals surface area contributed by atoms with E-state index in [1.54, 1.807) is 24.3 Å². The number of rotatable bonds is 3. The van der Waals surface area contributed by atoms with Gasteiger partial charge in [-0.05, 0) is 44.2 Å². The van der Waals surface area contributed by atoms with Crippen LogP contribution in [-0.4, -0.2) is 41.4 Å². The Kier molecular flexibility index (Phi) is 4.83. The summed E-state index contributed by atoms with van der Waals surface area (Å²) in [5, 5.41) is 10.1. The fourth-order valence-corrected chi connectivity index (χ4v) is 3.62. The van der Waals surface area contributed by atoms with Crippen LogP contribution in [0.15, 0.2) is 53.3 Å². The highest BCUT2D eigenvalue weighted by molar-refractivity contribution is 6.11. The van der Waals surface area contributed by atoms with Crippen LogP contribution < -0.4 is 15.8 Å². The van der Waals surface area contributed by atoms with E-state index >= 15 is 0 Å². The SMILES string of the molecule is CC1CN(c2ccc(NC(=O)c3n[nH]c(=O)c4ccccc34)cc2)CC(C)O1. The molecular weight excluding hydrogens is 356 g/mol. The van der Waals surface area contributed by atoms with Crippen molar-refractivity contribution in [2.75, 3.05) is 23.3 Å². The normalized spacial score (nSPS) is 19.6. The molecule has 3 aromatic rings. The summed E-state index contributed by atoms with van der Waals surface area (Å²) >= 11 is 0. The molecule has 7 heteroatoms. The Morgan fingerprint density at radius 3 is 2.39 bits per heavy atom. The van der Waals surface area contributed by atoms with Gasteiger partial charge in [-0.3, -0.25) is 9.59 Å². The number of carbonyl (C=O) groups is 1. The molecule has 0 saturated carbocycles. The van der Waals surface area contributed by atoms with E-state index in [1.807, 2.05) is 24.3 Å². The van der Waals surface area contributed by atoms with Crippen molar-refractivity contribution in [2.45, 2.75) is 26.1 Å². The first-order valence-corrected chi connectivity index (χ1v) is 9.30. The van der Waals surface area contributed by atoms with Gasteiger partial charge in [0.2, 0.25) is 0 Å². The molecule has 1 aliphatic heterocycles. The number of ether oxygens (including phenoxy) is 1. The van der Waals surface area contributed by atoms with Gasteiger partial charge in [0.1, 0.15) is 0 Å². The van der Waals surface area contributed by atoms with Gasteiger partial charge in [0.05, 0.1) is 17.6 Å². The quantitative estimate of drug-likeness (QED) is 0.732. The van der Waals surface area contributed by atoms with Crippen LogP contribution in [0.2, 0.25) is 0 Å². The van der Waals surface area contributed by atoms with Crippen LogP contribution in [0.25, 0.3) is 10.8 Å². The third kappa shape index (κ3) is 3.61. The molecule has 2 N–H and O–H groups in total. The summed E-state index contributed by atoms with van der Waals surface area (Å²) in [5.41, 5.74) is 1.63. The fourth-order valence-electron chi connectivity index (χ4n) is 3.62. The first-order valence-electron chi connectivity index (χ1n) is 9.30. The average molecular weight is 378 g/mol. The van der Waals surface area contributed by atoms with Crippen molar-refractivity contribution in [1.82, 2.24) is 10.2 Å². The summed E-state index contributed by atoms with van der Waals surface area (Å²) in [4.78, 5) is 26.9. The molecule has 2 aromatic carbocycles. The molecule has 7 nitrogen and oxygen atoms in total. The highest BCUT2D eigenvalue weighted by atomic mass is 16.5. The van der Waals surface area contributed by atoms with Crippen LogP contribution in [-0.2, 0) is 4.74 Å². The molecule has 2 atom stereocenters. The minimum atomic E-state index is -0.367. The van der Waals surface area contributed by atoms with Gasteiger partial charge in [-0.25, -0.2) is 5.10 Å². The maximum absolute atomic E-state index is 12.7. The third-order valence-corrected chi connectivity index (χ3v) is 4.82. The number of amides is 1. The highest BCUT2D eigenvalue weighted by Gasteiger charge is 2.22. The molecule has 0 bridgehead atoms. The van der Waals surface area contributed by atoms with Crippen molar-refractivity contribution in [3.63, 3.8) is 0 Å². The van der Waals surface area contributed by atoms with Gasteiger partial charge in [0.15, 0.2) is 5.69 Å². The highest BCUT2D eigenvalue weighted by Crippen LogP contribution is 2.23. The maximum atomic E-state index is 12.7. The summed E-state index contributed by atoms with van der Waals surface area (Å²) in [7, 11) is 0. The van der Waals surface area contributed by atoms with E-state index in [4.69, 9.17) is 4.74 Å². The number of aromatic amines is 1. The van der Waals surface area contributed by atoms with Crippen LogP contribution in [0.5, 0.6) is 0 Å². The first-order chi connectivity index (χ1) is 13.5. The van der Waals surface area contributed by atoms with Crippen molar-refractivity contribution < 1.29 is 9.53 Å². The van der Waals surface area contributed by atoms with E-state index in [2.05, 4.69) is 34.3 Å². The number of nitrogens with zero attached hydrogens (tertiary/aromatic N) is 2. The van der Waals surface area contributed by atoms with Crippen molar-refractivity contribution in [3.05, 3.63) is 64.6 Å². The summed E-state index contributed by atoms with van der Waals surface area (Å²) in [6.07, 6.45) is 0.366.